The molecule has 176 valence electrons. The number of nitrogens with zero attached hydrogens (tertiary/aromatic N) is 3. The molecular weight excluding hydrogens is 447 g/mol. The van der Waals surface area contributed by atoms with Crippen LogP contribution in [0, 0.1) is 11.7 Å². The van der Waals surface area contributed by atoms with Gasteiger partial charge in [0.05, 0.1) is 34.9 Å². The summed E-state index contributed by atoms with van der Waals surface area (Å²) in [4.78, 5) is 27.9. The first-order valence-corrected chi connectivity index (χ1v) is 12.7. The van der Waals surface area contributed by atoms with Crippen molar-refractivity contribution in [2.45, 2.75) is 46.1 Å². The molecule has 0 saturated carbocycles. The molecule has 0 spiro atoms. The van der Waals surface area contributed by atoms with Gasteiger partial charge in [0.15, 0.2) is 0 Å². The number of fused-ring (bicyclic) bond motifs is 1. The summed E-state index contributed by atoms with van der Waals surface area (Å²) in [7, 11) is -3.67. The number of amides is 1. The zero-order valence-electron chi connectivity index (χ0n) is 19.1. The highest BCUT2D eigenvalue weighted by Gasteiger charge is 2.36. The van der Waals surface area contributed by atoms with E-state index in [1.165, 1.54) is 10.7 Å². The van der Waals surface area contributed by atoms with E-state index in [2.05, 4.69) is 16.7 Å². The molecule has 0 aliphatic carbocycles. The van der Waals surface area contributed by atoms with Crippen molar-refractivity contribution in [3.05, 3.63) is 58.2 Å². The Kier molecular flexibility index (Phi) is 5.90. The van der Waals surface area contributed by atoms with Crippen molar-refractivity contribution >= 4 is 27.5 Å². The number of carbonyl (C=O) groups excluding carboxylic acids is 2. The molecule has 0 bridgehead atoms. The van der Waals surface area contributed by atoms with Gasteiger partial charge in [-0.1, -0.05) is 12.5 Å². The lowest BCUT2D eigenvalue weighted by molar-refractivity contribution is 0.0552. The number of carbonyl (C=O) groups is 2. The van der Waals surface area contributed by atoms with E-state index in [1.807, 2.05) is 13.0 Å². The zero-order chi connectivity index (χ0) is 24.1. The Balaban J connectivity index is 1.72. The predicted molar refractivity (Wildman–Crippen MR) is 122 cm³/mol. The third-order valence-corrected chi connectivity index (χ3v) is 6.97. The van der Waals surface area contributed by atoms with Gasteiger partial charge in [-0.3, -0.25) is 14.3 Å². The van der Waals surface area contributed by atoms with Crippen LogP contribution in [0.4, 0.5) is 10.1 Å². The van der Waals surface area contributed by atoms with Gasteiger partial charge in [0.25, 0.3) is 11.8 Å². The number of piperidine rings is 1. The normalized spacial score (nSPS) is 21.2. The number of sulfonamides is 1. The maximum atomic E-state index is 14.1. The van der Waals surface area contributed by atoms with Crippen LogP contribution in [0.2, 0.25) is 0 Å². The Morgan fingerprint density at radius 3 is 2.67 bits per heavy atom. The number of likely N-dealkylation sites (tertiary alicyclic amines) is 1. The van der Waals surface area contributed by atoms with E-state index in [0.717, 1.165) is 36.1 Å². The van der Waals surface area contributed by atoms with Gasteiger partial charge in [-0.15, -0.1) is 0 Å². The highest BCUT2D eigenvalue weighted by Crippen LogP contribution is 2.37. The van der Waals surface area contributed by atoms with Crippen LogP contribution in [0.1, 0.15) is 66.2 Å². The minimum Gasteiger partial charge on any atom is -0.330 e. The topological polar surface area (TPSA) is 101 Å². The van der Waals surface area contributed by atoms with Gasteiger partial charge in [0, 0.05) is 18.5 Å². The van der Waals surface area contributed by atoms with Crippen LogP contribution in [-0.4, -0.2) is 47.7 Å². The number of aromatic nitrogens is 2. The fourth-order valence-electron chi connectivity index (χ4n) is 4.45. The molecule has 2 aromatic rings. The van der Waals surface area contributed by atoms with Gasteiger partial charge in [0.1, 0.15) is 5.82 Å². The van der Waals surface area contributed by atoms with Crippen LogP contribution >= 0.6 is 0 Å². The molecule has 2 aliphatic rings. The molecule has 1 saturated heterocycles. The van der Waals surface area contributed by atoms with E-state index in [-0.39, 0.29) is 17.2 Å². The molecule has 1 N–H and O–H groups in total. The number of rotatable bonds is 4. The van der Waals surface area contributed by atoms with Crippen LogP contribution in [0.3, 0.4) is 0 Å². The summed E-state index contributed by atoms with van der Waals surface area (Å²) in [5.74, 6) is -0.984. The third kappa shape index (κ3) is 4.57. The van der Waals surface area contributed by atoms with Crippen molar-refractivity contribution in [3.63, 3.8) is 0 Å². The van der Waals surface area contributed by atoms with Gasteiger partial charge in [-0.25, -0.2) is 17.5 Å². The van der Waals surface area contributed by atoms with Crippen molar-refractivity contribution in [1.29, 1.82) is 0 Å². The number of anilines is 1. The molecule has 0 radical (unpaired) electrons. The monoisotopic (exact) mass is 474 g/mol. The minimum absolute atomic E-state index is 0.0241. The van der Waals surface area contributed by atoms with Crippen molar-refractivity contribution in [3.8, 4) is 0 Å². The van der Waals surface area contributed by atoms with Crippen LogP contribution in [-0.2, 0) is 16.4 Å². The maximum absolute atomic E-state index is 14.1. The van der Waals surface area contributed by atoms with Gasteiger partial charge in [0.2, 0.25) is 10.0 Å². The van der Waals surface area contributed by atoms with Crippen molar-refractivity contribution < 1.29 is 22.4 Å². The summed E-state index contributed by atoms with van der Waals surface area (Å²) in [5.41, 5.74) is 2.99. The highest BCUT2D eigenvalue weighted by atomic mass is 32.2. The first-order chi connectivity index (χ1) is 15.4. The molecule has 1 fully saturated rings. The zero-order valence-corrected chi connectivity index (χ0v) is 19.9. The minimum atomic E-state index is -3.67. The van der Waals surface area contributed by atoms with E-state index in [9.17, 15) is 22.4 Å². The molecule has 2 aliphatic heterocycles. The third-order valence-electron chi connectivity index (χ3n) is 6.38. The van der Waals surface area contributed by atoms with Crippen molar-refractivity contribution in [1.82, 2.24) is 14.7 Å². The lowest BCUT2D eigenvalue weighted by atomic mass is 9.89. The van der Waals surface area contributed by atoms with Crippen molar-refractivity contribution in [2.75, 3.05) is 17.5 Å². The maximum Gasteiger partial charge on any atom is 0.274 e. The molecule has 1 aromatic heterocycles. The standard InChI is InChI=1S/C23H27FN4O4S/c1-13-7-8-27(23(30)18-11-16(24)5-6-19(18)26-33(4,31)32)21(9-13)20-12-17-10-14(2)15(3)22(29)28(17)25-20/h5-6,11-13,21,26H,7-10H2,1-4H3/t13-,21-/m1/s1. The number of hydrogen-bond acceptors (Lipinski definition) is 5. The molecular formula is C23H27FN4O4S. The average Bonchev–Trinajstić information content (AvgIpc) is 3.16. The Morgan fingerprint density at radius 1 is 1.24 bits per heavy atom. The Morgan fingerprint density at radius 2 is 1.97 bits per heavy atom. The molecule has 10 heteroatoms. The molecule has 0 unspecified atom stereocenters. The largest absolute Gasteiger partial charge is 0.330 e. The smallest absolute Gasteiger partial charge is 0.274 e. The van der Waals surface area contributed by atoms with E-state index in [0.29, 0.717) is 36.6 Å². The van der Waals surface area contributed by atoms with Crippen molar-refractivity contribution in [2.24, 2.45) is 5.92 Å². The quantitative estimate of drug-likeness (QED) is 0.730. The van der Waals surface area contributed by atoms with E-state index in [4.69, 9.17) is 0 Å². The molecule has 4 rings (SSSR count). The summed E-state index contributed by atoms with van der Waals surface area (Å²) >= 11 is 0. The molecule has 8 nitrogen and oxygen atoms in total. The van der Waals surface area contributed by atoms with Gasteiger partial charge < -0.3 is 4.90 Å². The van der Waals surface area contributed by atoms with E-state index in [1.54, 1.807) is 11.8 Å². The van der Waals surface area contributed by atoms with Crippen LogP contribution in [0.15, 0.2) is 35.4 Å². The summed E-state index contributed by atoms with van der Waals surface area (Å²) in [6.45, 7) is 6.19. The predicted octanol–water partition coefficient (Wildman–Crippen LogP) is 3.54. The van der Waals surface area contributed by atoms with Gasteiger partial charge >= 0.3 is 0 Å². The molecule has 33 heavy (non-hydrogen) atoms. The number of allylic oxidation sites excluding steroid dienone is 2. The second kappa shape index (κ2) is 8.40. The number of nitrogens with one attached hydrogen (secondary N) is 1. The number of hydrogen-bond donors (Lipinski definition) is 1. The molecule has 3 heterocycles. The van der Waals surface area contributed by atoms with E-state index < -0.39 is 27.8 Å². The fraction of sp³-hybridized carbons (Fsp3) is 0.435. The fourth-order valence-corrected chi connectivity index (χ4v) is 5.03. The lowest BCUT2D eigenvalue weighted by Gasteiger charge is -2.38. The first kappa shape index (κ1) is 23.2. The Hall–Kier alpha value is -3.01. The van der Waals surface area contributed by atoms with Crippen LogP contribution < -0.4 is 4.72 Å². The number of halogens is 1. The SMILES string of the molecule is CC1=C(C)C(=O)n2nc([C@H]3C[C@H](C)CCN3C(=O)c3cc(F)ccc3NS(C)(=O)=O)cc2C1. The Bertz CT molecular complexity index is 1280. The summed E-state index contributed by atoms with van der Waals surface area (Å²) in [5, 5.41) is 4.55. The number of benzene rings is 1. The second-order valence-electron chi connectivity index (χ2n) is 9.07. The average molecular weight is 475 g/mol. The summed E-state index contributed by atoms with van der Waals surface area (Å²) in [6.07, 6.45) is 2.96. The molecule has 1 amide bonds. The first-order valence-electron chi connectivity index (χ1n) is 10.8. The molecule has 1 aromatic carbocycles. The highest BCUT2D eigenvalue weighted by molar-refractivity contribution is 7.92. The Labute approximate surface area is 192 Å². The lowest BCUT2D eigenvalue weighted by Crippen LogP contribution is -2.41. The van der Waals surface area contributed by atoms with Crippen LogP contribution in [0.5, 0.6) is 0 Å². The molecule has 2 atom stereocenters. The summed E-state index contributed by atoms with van der Waals surface area (Å²) < 4.78 is 41.3. The second-order valence-corrected chi connectivity index (χ2v) is 10.8. The van der Waals surface area contributed by atoms with Crippen LogP contribution in [0.25, 0.3) is 0 Å². The van der Waals surface area contributed by atoms with E-state index >= 15 is 0 Å². The summed E-state index contributed by atoms with van der Waals surface area (Å²) in [6, 6.07) is 4.84. The van der Waals surface area contributed by atoms with Gasteiger partial charge in [-0.2, -0.15) is 5.10 Å². The van der Waals surface area contributed by atoms with Gasteiger partial charge in [-0.05, 0) is 56.9 Å².